The molecule has 1 amide bonds. The highest BCUT2D eigenvalue weighted by Gasteiger charge is 2.21. The fourth-order valence-corrected chi connectivity index (χ4v) is 4.60. The van der Waals surface area contributed by atoms with E-state index in [-0.39, 0.29) is 16.8 Å². The predicted octanol–water partition coefficient (Wildman–Crippen LogP) is 4.27. The van der Waals surface area contributed by atoms with Gasteiger partial charge in [-0.2, -0.15) is 0 Å². The Morgan fingerprint density at radius 3 is 2.27 bits per heavy atom. The van der Waals surface area contributed by atoms with Crippen molar-refractivity contribution in [1.29, 1.82) is 0 Å². The van der Waals surface area contributed by atoms with Gasteiger partial charge in [0.05, 0.1) is 4.90 Å². The quantitative estimate of drug-likeness (QED) is 0.655. The number of carbonyl (C=O) groups excluding carboxylic acids is 1. The maximum atomic E-state index is 12.6. The average Bonchev–Trinajstić information content (AvgIpc) is 2.75. The Kier molecular flexibility index (Phi) is 7.37. The van der Waals surface area contributed by atoms with Crippen LogP contribution < -0.4 is 14.8 Å². The Balaban J connectivity index is 1.58. The highest BCUT2D eigenvalue weighted by molar-refractivity contribution is 7.92. The van der Waals surface area contributed by atoms with Crippen molar-refractivity contribution in [2.45, 2.75) is 69.4 Å². The highest BCUT2D eigenvalue weighted by atomic mass is 32.2. The minimum Gasteiger partial charge on any atom is -0.481 e. The summed E-state index contributed by atoms with van der Waals surface area (Å²) in [4.78, 5) is 12.5. The molecular weight excluding hydrogens is 400 g/mol. The Morgan fingerprint density at radius 2 is 1.67 bits per heavy atom. The summed E-state index contributed by atoms with van der Waals surface area (Å²) < 4.78 is 33.5. The third-order valence-corrected chi connectivity index (χ3v) is 6.78. The van der Waals surface area contributed by atoms with Crippen LogP contribution in [0.3, 0.4) is 0 Å². The molecular formula is C23H30N2O4S. The smallest absolute Gasteiger partial charge is 0.261 e. The van der Waals surface area contributed by atoms with Crippen LogP contribution in [-0.2, 0) is 21.2 Å². The number of rotatable bonds is 8. The molecule has 0 aromatic heterocycles. The number of hydrogen-bond donors (Lipinski definition) is 2. The van der Waals surface area contributed by atoms with Crippen molar-refractivity contribution in [2.75, 3.05) is 4.72 Å². The van der Waals surface area contributed by atoms with Crippen LogP contribution in [0.5, 0.6) is 5.75 Å². The second-order valence-electron chi connectivity index (χ2n) is 7.73. The molecule has 30 heavy (non-hydrogen) atoms. The number of aryl methyl sites for hydroxylation is 1. The number of amides is 1. The molecule has 0 saturated heterocycles. The van der Waals surface area contributed by atoms with E-state index in [4.69, 9.17) is 4.74 Å². The standard InChI is InChI=1S/C23H30N2O4S/c1-3-18-9-11-20(12-10-18)25-30(27,28)22-15-13-21(14-16-22)29-17(2)23(26)24-19-7-5-4-6-8-19/h9-17,19,25H,3-8H2,1-2H3,(H,24,26)/t17-/m1/s1. The van der Waals surface area contributed by atoms with Gasteiger partial charge >= 0.3 is 0 Å². The van der Waals surface area contributed by atoms with Crippen LogP contribution >= 0.6 is 0 Å². The molecule has 3 rings (SSSR count). The van der Waals surface area contributed by atoms with Gasteiger partial charge in [-0.1, -0.05) is 38.3 Å². The molecule has 0 spiro atoms. The molecule has 2 aromatic carbocycles. The number of nitrogens with one attached hydrogen (secondary N) is 2. The van der Waals surface area contributed by atoms with E-state index < -0.39 is 16.1 Å². The van der Waals surface area contributed by atoms with E-state index in [2.05, 4.69) is 10.0 Å². The van der Waals surface area contributed by atoms with Gasteiger partial charge in [-0.3, -0.25) is 9.52 Å². The van der Waals surface area contributed by atoms with E-state index in [9.17, 15) is 13.2 Å². The molecule has 0 heterocycles. The van der Waals surface area contributed by atoms with Gasteiger partial charge in [-0.05, 0) is 68.1 Å². The van der Waals surface area contributed by atoms with Crippen molar-refractivity contribution in [1.82, 2.24) is 5.32 Å². The molecule has 2 N–H and O–H groups in total. The average molecular weight is 431 g/mol. The molecule has 7 heteroatoms. The summed E-state index contributed by atoms with van der Waals surface area (Å²) in [6, 6.07) is 13.6. The predicted molar refractivity (Wildman–Crippen MR) is 118 cm³/mol. The molecule has 1 aliphatic carbocycles. The number of anilines is 1. The Morgan fingerprint density at radius 1 is 1.03 bits per heavy atom. The van der Waals surface area contributed by atoms with Gasteiger partial charge in [-0.15, -0.1) is 0 Å². The zero-order valence-corrected chi connectivity index (χ0v) is 18.4. The Hall–Kier alpha value is -2.54. The first-order valence-electron chi connectivity index (χ1n) is 10.6. The van der Waals surface area contributed by atoms with Gasteiger partial charge in [0.15, 0.2) is 6.10 Å². The van der Waals surface area contributed by atoms with Gasteiger partial charge in [0, 0.05) is 11.7 Å². The molecule has 0 bridgehead atoms. The minimum atomic E-state index is -3.70. The molecule has 1 aliphatic rings. The number of carbonyl (C=O) groups is 1. The second kappa shape index (κ2) is 9.98. The van der Waals surface area contributed by atoms with Crippen molar-refractivity contribution in [3.63, 3.8) is 0 Å². The molecule has 162 valence electrons. The van der Waals surface area contributed by atoms with Gasteiger partial charge in [0.25, 0.3) is 15.9 Å². The van der Waals surface area contributed by atoms with E-state index in [0.29, 0.717) is 11.4 Å². The third-order valence-electron chi connectivity index (χ3n) is 5.38. The van der Waals surface area contributed by atoms with Gasteiger partial charge in [0.2, 0.25) is 0 Å². The van der Waals surface area contributed by atoms with Crippen LogP contribution in [0.25, 0.3) is 0 Å². The first-order valence-corrected chi connectivity index (χ1v) is 12.0. The maximum Gasteiger partial charge on any atom is 0.261 e. The lowest BCUT2D eigenvalue weighted by molar-refractivity contribution is -0.128. The number of sulfonamides is 1. The Bertz CT molecular complexity index is 934. The second-order valence-corrected chi connectivity index (χ2v) is 9.41. The third kappa shape index (κ3) is 5.98. The number of benzene rings is 2. The zero-order valence-electron chi connectivity index (χ0n) is 17.6. The molecule has 6 nitrogen and oxygen atoms in total. The number of ether oxygens (including phenoxy) is 1. The molecule has 0 unspecified atom stereocenters. The summed E-state index contributed by atoms with van der Waals surface area (Å²) >= 11 is 0. The van der Waals surface area contributed by atoms with E-state index in [1.54, 1.807) is 31.2 Å². The van der Waals surface area contributed by atoms with Crippen LogP contribution in [0, 0.1) is 0 Å². The molecule has 0 radical (unpaired) electrons. The van der Waals surface area contributed by atoms with Crippen LogP contribution in [-0.4, -0.2) is 26.5 Å². The summed E-state index contributed by atoms with van der Waals surface area (Å²) in [6.45, 7) is 3.74. The lowest BCUT2D eigenvalue weighted by atomic mass is 9.95. The van der Waals surface area contributed by atoms with Crippen LogP contribution in [0.1, 0.15) is 51.5 Å². The SMILES string of the molecule is CCc1ccc(NS(=O)(=O)c2ccc(O[C@H](C)C(=O)NC3CCCCC3)cc2)cc1. The van der Waals surface area contributed by atoms with Crippen molar-refractivity contribution in [2.24, 2.45) is 0 Å². The van der Waals surface area contributed by atoms with Crippen LogP contribution in [0.15, 0.2) is 53.4 Å². The summed E-state index contributed by atoms with van der Waals surface area (Å²) in [5.74, 6) is 0.309. The van der Waals surface area contributed by atoms with E-state index >= 15 is 0 Å². The van der Waals surface area contributed by atoms with Gasteiger partial charge < -0.3 is 10.1 Å². The molecule has 1 fully saturated rings. The first kappa shape index (κ1) is 22.2. The summed E-state index contributed by atoms with van der Waals surface area (Å²) in [5.41, 5.74) is 1.65. The number of hydrogen-bond acceptors (Lipinski definition) is 4. The van der Waals surface area contributed by atoms with Crippen molar-refractivity contribution < 1.29 is 17.9 Å². The van der Waals surface area contributed by atoms with Crippen molar-refractivity contribution in [3.05, 3.63) is 54.1 Å². The monoisotopic (exact) mass is 430 g/mol. The lowest BCUT2D eigenvalue weighted by Crippen LogP contribution is -2.43. The topological polar surface area (TPSA) is 84.5 Å². The molecule has 2 aromatic rings. The molecule has 0 aliphatic heterocycles. The van der Waals surface area contributed by atoms with Gasteiger partial charge in [0.1, 0.15) is 5.75 Å². The van der Waals surface area contributed by atoms with Crippen molar-refractivity contribution >= 4 is 21.6 Å². The summed E-state index contributed by atoms with van der Waals surface area (Å²) in [7, 11) is -3.70. The van der Waals surface area contributed by atoms with E-state index in [1.165, 1.54) is 18.6 Å². The first-order chi connectivity index (χ1) is 14.4. The summed E-state index contributed by atoms with van der Waals surface area (Å²) in [5, 5.41) is 3.04. The normalized spacial score (nSPS) is 15.9. The summed E-state index contributed by atoms with van der Waals surface area (Å²) in [6.07, 6.45) is 5.79. The maximum absolute atomic E-state index is 12.6. The largest absolute Gasteiger partial charge is 0.481 e. The zero-order chi connectivity index (χ0) is 21.6. The fourth-order valence-electron chi connectivity index (χ4n) is 3.54. The van der Waals surface area contributed by atoms with Crippen molar-refractivity contribution in [3.8, 4) is 5.75 Å². The van der Waals surface area contributed by atoms with E-state index in [1.807, 2.05) is 19.1 Å². The molecule has 1 atom stereocenters. The van der Waals surface area contributed by atoms with Gasteiger partial charge in [-0.25, -0.2) is 8.42 Å². The Labute approximate surface area is 179 Å². The van der Waals surface area contributed by atoms with Crippen LogP contribution in [0.4, 0.5) is 5.69 Å². The fraction of sp³-hybridized carbons (Fsp3) is 0.435. The lowest BCUT2D eigenvalue weighted by Gasteiger charge is -2.24. The van der Waals surface area contributed by atoms with Crippen LogP contribution in [0.2, 0.25) is 0 Å². The van der Waals surface area contributed by atoms with E-state index in [0.717, 1.165) is 37.7 Å². The highest BCUT2D eigenvalue weighted by Crippen LogP contribution is 2.21. The molecule has 1 saturated carbocycles. The minimum absolute atomic E-state index is 0.133.